The molecule has 6 nitrogen and oxygen atoms in total. The number of aromatic amines is 1. The van der Waals surface area contributed by atoms with E-state index in [2.05, 4.69) is 15.3 Å². The van der Waals surface area contributed by atoms with E-state index in [0.29, 0.717) is 17.0 Å². The third-order valence-electron chi connectivity index (χ3n) is 4.48. The number of methoxy groups -OCH3 is 1. The van der Waals surface area contributed by atoms with Gasteiger partial charge in [-0.1, -0.05) is 36.4 Å². The van der Waals surface area contributed by atoms with Crippen molar-refractivity contribution in [2.45, 2.75) is 0 Å². The highest BCUT2D eigenvalue weighted by atomic mass is 16.5. The third-order valence-corrected chi connectivity index (χ3v) is 4.48. The molecule has 28 heavy (non-hydrogen) atoms. The van der Waals surface area contributed by atoms with Crippen LogP contribution in [0.3, 0.4) is 0 Å². The molecule has 0 aliphatic rings. The molecule has 138 valence electrons. The summed E-state index contributed by atoms with van der Waals surface area (Å²) in [6.07, 6.45) is 5.09. The lowest BCUT2D eigenvalue weighted by Gasteiger charge is -2.11. The number of benzene rings is 2. The van der Waals surface area contributed by atoms with Gasteiger partial charge < -0.3 is 15.0 Å². The molecular weight excluding hydrogens is 354 g/mol. The van der Waals surface area contributed by atoms with E-state index in [9.17, 15) is 9.59 Å². The summed E-state index contributed by atoms with van der Waals surface area (Å²) in [7, 11) is 1.52. The molecule has 4 rings (SSSR count). The molecule has 0 aliphatic heterocycles. The number of hydrogen-bond donors (Lipinski definition) is 2. The van der Waals surface area contributed by atoms with Crippen molar-refractivity contribution >= 4 is 22.4 Å². The van der Waals surface area contributed by atoms with Crippen LogP contribution in [0.5, 0.6) is 5.75 Å². The van der Waals surface area contributed by atoms with Crippen LogP contribution < -0.4 is 15.6 Å². The second-order valence-corrected chi connectivity index (χ2v) is 6.19. The van der Waals surface area contributed by atoms with Crippen molar-refractivity contribution in [1.82, 2.24) is 9.97 Å². The second-order valence-electron chi connectivity index (χ2n) is 6.19. The number of fused-ring (bicyclic) bond motifs is 1. The van der Waals surface area contributed by atoms with Gasteiger partial charge >= 0.3 is 0 Å². The Bertz CT molecular complexity index is 1230. The highest BCUT2D eigenvalue weighted by molar-refractivity contribution is 6.06. The Labute approximate surface area is 160 Å². The summed E-state index contributed by atoms with van der Waals surface area (Å²) in [5, 5.41) is 4.70. The highest BCUT2D eigenvalue weighted by Crippen LogP contribution is 2.27. The number of H-pyrrole nitrogens is 1. The maximum absolute atomic E-state index is 12.7. The van der Waals surface area contributed by atoms with Crippen LogP contribution in [0.1, 0.15) is 10.4 Å². The summed E-state index contributed by atoms with van der Waals surface area (Å²) < 4.78 is 5.24. The second kappa shape index (κ2) is 7.36. The molecule has 6 heteroatoms. The zero-order valence-electron chi connectivity index (χ0n) is 15.1. The molecule has 2 aromatic carbocycles. The summed E-state index contributed by atoms with van der Waals surface area (Å²) >= 11 is 0. The van der Waals surface area contributed by atoms with E-state index < -0.39 is 11.5 Å². The van der Waals surface area contributed by atoms with Crippen LogP contribution in [-0.4, -0.2) is 23.0 Å². The molecule has 2 aromatic heterocycles. The number of carbonyl (C=O) groups is 1. The Morgan fingerprint density at radius 2 is 1.86 bits per heavy atom. The van der Waals surface area contributed by atoms with Crippen molar-refractivity contribution in [2.75, 3.05) is 12.4 Å². The first-order valence-corrected chi connectivity index (χ1v) is 8.67. The number of anilines is 1. The van der Waals surface area contributed by atoms with E-state index in [1.165, 1.54) is 7.11 Å². The van der Waals surface area contributed by atoms with Crippen LogP contribution in [-0.2, 0) is 0 Å². The van der Waals surface area contributed by atoms with Crippen molar-refractivity contribution in [3.63, 3.8) is 0 Å². The molecule has 0 radical (unpaired) electrons. The molecule has 2 heterocycles. The Balaban J connectivity index is 1.75. The maximum Gasteiger partial charge on any atom is 0.261 e. The Kier molecular flexibility index (Phi) is 4.60. The van der Waals surface area contributed by atoms with Gasteiger partial charge in [-0.25, -0.2) is 0 Å². The van der Waals surface area contributed by atoms with E-state index in [1.807, 2.05) is 24.3 Å². The summed E-state index contributed by atoms with van der Waals surface area (Å²) in [5.74, 6) is 0.00230. The molecule has 0 unspecified atom stereocenters. The topological polar surface area (TPSA) is 84.1 Å². The normalized spacial score (nSPS) is 10.6. The number of pyridine rings is 2. The molecule has 0 aliphatic carbocycles. The predicted molar refractivity (Wildman–Crippen MR) is 109 cm³/mol. The number of ether oxygens (including phenoxy) is 1. The fraction of sp³-hybridized carbons (Fsp3) is 0.0455. The van der Waals surface area contributed by atoms with Crippen LogP contribution in [0.25, 0.3) is 21.9 Å². The first-order valence-electron chi connectivity index (χ1n) is 8.67. The highest BCUT2D eigenvalue weighted by Gasteiger charge is 2.15. The standard InChI is InChI=1S/C22H17N3O3/c1-28-20-9-5-4-8-19(20)25-22(27)17-10-15(12-24-21(17)26)18-13-23-11-14-6-2-3-7-16(14)18/h2-13H,1H3,(H,24,26)(H,25,27). The SMILES string of the molecule is COc1ccccc1NC(=O)c1cc(-c2cncc3ccccc23)c[nH]c1=O. The van der Waals surface area contributed by atoms with Crippen molar-refractivity contribution in [2.24, 2.45) is 0 Å². The maximum atomic E-state index is 12.7. The number of amides is 1. The van der Waals surface area contributed by atoms with Gasteiger partial charge in [0.2, 0.25) is 0 Å². The summed E-state index contributed by atoms with van der Waals surface area (Å²) in [5.41, 5.74) is 1.57. The Hall–Kier alpha value is -3.93. The lowest BCUT2D eigenvalue weighted by atomic mass is 10.0. The van der Waals surface area contributed by atoms with Crippen molar-refractivity contribution in [3.05, 3.63) is 89.1 Å². The third kappa shape index (κ3) is 3.23. The number of para-hydroxylation sites is 2. The van der Waals surface area contributed by atoms with Crippen LogP contribution in [0.15, 0.2) is 78.0 Å². The van der Waals surface area contributed by atoms with Crippen LogP contribution >= 0.6 is 0 Å². The van der Waals surface area contributed by atoms with Gasteiger partial charge in [-0.3, -0.25) is 14.6 Å². The van der Waals surface area contributed by atoms with Crippen molar-refractivity contribution in [3.8, 4) is 16.9 Å². The van der Waals surface area contributed by atoms with E-state index in [-0.39, 0.29) is 5.56 Å². The molecule has 1 amide bonds. The molecule has 0 spiro atoms. The fourth-order valence-electron chi connectivity index (χ4n) is 3.09. The summed E-state index contributed by atoms with van der Waals surface area (Å²) in [6, 6.07) is 16.4. The van der Waals surface area contributed by atoms with Gasteiger partial charge in [0, 0.05) is 35.1 Å². The van der Waals surface area contributed by atoms with E-state index in [0.717, 1.165) is 16.3 Å². The van der Waals surface area contributed by atoms with Gasteiger partial charge in [-0.15, -0.1) is 0 Å². The van der Waals surface area contributed by atoms with Gasteiger partial charge in [0.15, 0.2) is 0 Å². The average molecular weight is 371 g/mol. The quantitative estimate of drug-likeness (QED) is 0.571. The van der Waals surface area contributed by atoms with Crippen LogP contribution in [0.2, 0.25) is 0 Å². The minimum absolute atomic E-state index is 0.0105. The smallest absolute Gasteiger partial charge is 0.261 e. The zero-order chi connectivity index (χ0) is 19.5. The molecule has 4 aromatic rings. The molecule has 0 fully saturated rings. The number of aromatic nitrogens is 2. The molecule has 0 saturated carbocycles. The molecule has 0 atom stereocenters. The van der Waals surface area contributed by atoms with Gasteiger partial charge in [-0.05, 0) is 23.6 Å². The van der Waals surface area contributed by atoms with E-state index >= 15 is 0 Å². The molecular formula is C22H17N3O3. The molecule has 0 saturated heterocycles. The van der Waals surface area contributed by atoms with Gasteiger partial charge in [0.1, 0.15) is 11.3 Å². The number of carbonyl (C=O) groups excluding carboxylic acids is 1. The fourth-order valence-corrected chi connectivity index (χ4v) is 3.09. The number of rotatable bonds is 4. The van der Waals surface area contributed by atoms with Gasteiger partial charge in [-0.2, -0.15) is 0 Å². The van der Waals surface area contributed by atoms with Crippen LogP contribution in [0.4, 0.5) is 5.69 Å². The zero-order valence-corrected chi connectivity index (χ0v) is 15.1. The first kappa shape index (κ1) is 17.5. The monoisotopic (exact) mass is 371 g/mol. The first-order chi connectivity index (χ1) is 13.7. The van der Waals surface area contributed by atoms with Gasteiger partial charge in [0.25, 0.3) is 11.5 Å². The minimum atomic E-state index is -0.513. The predicted octanol–water partition coefficient (Wildman–Crippen LogP) is 3.85. The van der Waals surface area contributed by atoms with Crippen LogP contribution in [0, 0.1) is 0 Å². The van der Waals surface area contributed by atoms with E-state index in [1.54, 1.807) is 48.9 Å². The molecule has 0 bridgehead atoms. The number of nitrogens with zero attached hydrogens (tertiary/aromatic N) is 1. The van der Waals surface area contributed by atoms with Crippen molar-refractivity contribution < 1.29 is 9.53 Å². The number of hydrogen-bond acceptors (Lipinski definition) is 4. The average Bonchev–Trinajstić information content (AvgIpc) is 2.74. The minimum Gasteiger partial charge on any atom is -0.495 e. The Morgan fingerprint density at radius 3 is 2.71 bits per heavy atom. The Morgan fingerprint density at radius 1 is 1.07 bits per heavy atom. The number of nitrogens with one attached hydrogen (secondary N) is 2. The lowest BCUT2D eigenvalue weighted by molar-refractivity contribution is 0.102. The molecule has 2 N–H and O–H groups in total. The lowest BCUT2D eigenvalue weighted by Crippen LogP contribution is -2.23. The van der Waals surface area contributed by atoms with Crippen molar-refractivity contribution in [1.29, 1.82) is 0 Å². The summed E-state index contributed by atoms with van der Waals surface area (Å²) in [6.45, 7) is 0. The van der Waals surface area contributed by atoms with E-state index in [4.69, 9.17) is 4.74 Å². The van der Waals surface area contributed by atoms with Gasteiger partial charge in [0.05, 0.1) is 12.8 Å². The largest absolute Gasteiger partial charge is 0.495 e. The summed E-state index contributed by atoms with van der Waals surface area (Å²) in [4.78, 5) is 32.0.